The van der Waals surface area contributed by atoms with Crippen molar-refractivity contribution in [3.63, 3.8) is 0 Å². The summed E-state index contributed by atoms with van der Waals surface area (Å²) in [5.74, 6) is 1.35. The molecule has 0 aromatic carbocycles. The minimum absolute atomic E-state index is 0.156. The summed E-state index contributed by atoms with van der Waals surface area (Å²) in [6.45, 7) is 3.56. The van der Waals surface area contributed by atoms with E-state index in [9.17, 15) is 4.79 Å². The maximum absolute atomic E-state index is 11.9. The molecule has 2 N–H and O–H groups in total. The Morgan fingerprint density at radius 2 is 2.18 bits per heavy atom. The Kier molecular flexibility index (Phi) is 4.22. The highest BCUT2D eigenvalue weighted by Gasteiger charge is 2.21. The number of pyridine rings is 1. The number of urea groups is 1. The Bertz CT molecular complexity index is 620. The van der Waals surface area contributed by atoms with Gasteiger partial charge in [-0.05, 0) is 31.9 Å². The van der Waals surface area contributed by atoms with Gasteiger partial charge in [-0.25, -0.2) is 9.78 Å². The van der Waals surface area contributed by atoms with E-state index in [0.29, 0.717) is 5.88 Å². The molecule has 0 aliphatic carbocycles. The van der Waals surface area contributed by atoms with Crippen LogP contribution < -0.4 is 15.5 Å². The van der Waals surface area contributed by atoms with Crippen molar-refractivity contribution in [2.45, 2.75) is 25.8 Å². The van der Waals surface area contributed by atoms with Crippen molar-refractivity contribution in [2.24, 2.45) is 0 Å². The number of rotatable bonds is 3. The third kappa shape index (κ3) is 3.55. The Morgan fingerprint density at radius 1 is 1.36 bits per heavy atom. The SMILES string of the molecule is Cc1cc(NC(=O)NC2CCN(c3ccccn3)CC2)on1. The van der Waals surface area contributed by atoms with E-state index in [1.54, 1.807) is 19.2 Å². The number of hydrogen-bond acceptors (Lipinski definition) is 5. The van der Waals surface area contributed by atoms with Crippen molar-refractivity contribution >= 4 is 17.7 Å². The zero-order valence-electron chi connectivity index (χ0n) is 12.5. The number of nitrogens with one attached hydrogen (secondary N) is 2. The topological polar surface area (TPSA) is 83.3 Å². The summed E-state index contributed by atoms with van der Waals surface area (Å²) in [6.07, 6.45) is 3.57. The molecule has 7 nitrogen and oxygen atoms in total. The molecule has 0 saturated carbocycles. The monoisotopic (exact) mass is 301 g/mol. The lowest BCUT2D eigenvalue weighted by Crippen LogP contribution is -2.46. The summed E-state index contributed by atoms with van der Waals surface area (Å²) in [7, 11) is 0. The normalized spacial score (nSPS) is 15.6. The van der Waals surface area contributed by atoms with Gasteiger partial charge < -0.3 is 14.7 Å². The van der Waals surface area contributed by atoms with Gasteiger partial charge in [0, 0.05) is 31.4 Å². The van der Waals surface area contributed by atoms with E-state index in [1.807, 2.05) is 18.2 Å². The summed E-state index contributed by atoms with van der Waals surface area (Å²) in [5, 5.41) is 9.34. The molecule has 0 unspecified atom stereocenters. The third-order valence-electron chi connectivity index (χ3n) is 3.67. The van der Waals surface area contributed by atoms with E-state index >= 15 is 0 Å². The van der Waals surface area contributed by atoms with E-state index in [-0.39, 0.29) is 12.1 Å². The molecule has 7 heteroatoms. The van der Waals surface area contributed by atoms with Crippen molar-refractivity contribution in [3.8, 4) is 0 Å². The fourth-order valence-electron chi connectivity index (χ4n) is 2.55. The quantitative estimate of drug-likeness (QED) is 0.907. The van der Waals surface area contributed by atoms with Crippen LogP contribution in [0, 0.1) is 6.92 Å². The second kappa shape index (κ2) is 6.46. The van der Waals surface area contributed by atoms with Gasteiger partial charge in [0.1, 0.15) is 5.82 Å². The van der Waals surface area contributed by atoms with Gasteiger partial charge in [0.15, 0.2) is 0 Å². The van der Waals surface area contributed by atoms with E-state index < -0.39 is 0 Å². The van der Waals surface area contributed by atoms with Crippen molar-refractivity contribution in [3.05, 3.63) is 36.2 Å². The smallest absolute Gasteiger partial charge is 0.321 e. The Balaban J connectivity index is 1.46. The van der Waals surface area contributed by atoms with E-state index in [1.165, 1.54) is 0 Å². The van der Waals surface area contributed by atoms with Gasteiger partial charge in [-0.2, -0.15) is 0 Å². The lowest BCUT2D eigenvalue weighted by Gasteiger charge is -2.33. The maximum Gasteiger partial charge on any atom is 0.321 e. The predicted octanol–water partition coefficient (Wildman–Crippen LogP) is 2.17. The van der Waals surface area contributed by atoms with E-state index in [2.05, 4.69) is 25.7 Å². The second-order valence-electron chi connectivity index (χ2n) is 5.38. The number of aromatic nitrogens is 2. The van der Waals surface area contributed by atoms with Crippen molar-refractivity contribution in [1.82, 2.24) is 15.5 Å². The average Bonchev–Trinajstić information content (AvgIpc) is 2.94. The summed E-state index contributed by atoms with van der Waals surface area (Å²) >= 11 is 0. The number of carbonyl (C=O) groups is 1. The van der Waals surface area contributed by atoms with Gasteiger partial charge in [0.2, 0.25) is 5.88 Å². The Morgan fingerprint density at radius 3 is 2.82 bits per heavy atom. The minimum Gasteiger partial charge on any atom is -0.356 e. The first-order valence-electron chi connectivity index (χ1n) is 7.37. The lowest BCUT2D eigenvalue weighted by atomic mass is 10.1. The molecular formula is C15H19N5O2. The van der Waals surface area contributed by atoms with Crippen LogP contribution in [0.2, 0.25) is 0 Å². The van der Waals surface area contributed by atoms with Crippen LogP contribution in [0.5, 0.6) is 0 Å². The van der Waals surface area contributed by atoms with Crippen LogP contribution >= 0.6 is 0 Å². The van der Waals surface area contributed by atoms with Crippen molar-refractivity contribution in [2.75, 3.05) is 23.3 Å². The summed E-state index contributed by atoms with van der Waals surface area (Å²) < 4.78 is 4.96. The molecule has 0 spiro atoms. The average molecular weight is 301 g/mol. The molecule has 3 heterocycles. The lowest BCUT2D eigenvalue weighted by molar-refractivity contribution is 0.245. The molecule has 1 fully saturated rings. The van der Waals surface area contributed by atoms with E-state index in [4.69, 9.17) is 4.52 Å². The van der Waals surface area contributed by atoms with Crippen LogP contribution in [0.3, 0.4) is 0 Å². The van der Waals surface area contributed by atoms with Crippen LogP contribution in [0.15, 0.2) is 35.0 Å². The zero-order chi connectivity index (χ0) is 15.4. The van der Waals surface area contributed by atoms with E-state index in [0.717, 1.165) is 37.4 Å². The molecule has 1 aliphatic rings. The van der Waals surface area contributed by atoms with Crippen molar-refractivity contribution in [1.29, 1.82) is 0 Å². The molecule has 2 amide bonds. The first-order valence-corrected chi connectivity index (χ1v) is 7.37. The first-order chi connectivity index (χ1) is 10.7. The van der Waals surface area contributed by atoms with Crippen molar-refractivity contribution < 1.29 is 9.32 Å². The van der Waals surface area contributed by atoms with Gasteiger partial charge in [-0.3, -0.25) is 5.32 Å². The summed E-state index contributed by atoms with van der Waals surface area (Å²) in [4.78, 5) is 18.5. The fourth-order valence-corrected chi connectivity index (χ4v) is 2.55. The van der Waals surface area contributed by atoms with Crippen LogP contribution in [0.25, 0.3) is 0 Å². The molecule has 3 rings (SSSR count). The number of carbonyl (C=O) groups excluding carboxylic acids is 1. The van der Waals surface area contributed by atoms with Crippen LogP contribution in [0.1, 0.15) is 18.5 Å². The molecule has 2 aromatic heterocycles. The Hall–Kier alpha value is -2.57. The predicted molar refractivity (Wildman–Crippen MR) is 82.9 cm³/mol. The summed E-state index contributed by atoms with van der Waals surface area (Å²) in [5.41, 5.74) is 0.735. The van der Waals surface area contributed by atoms with Gasteiger partial charge in [0.25, 0.3) is 0 Å². The zero-order valence-corrected chi connectivity index (χ0v) is 12.5. The Labute approximate surface area is 128 Å². The molecule has 0 bridgehead atoms. The molecule has 22 heavy (non-hydrogen) atoms. The largest absolute Gasteiger partial charge is 0.356 e. The highest BCUT2D eigenvalue weighted by atomic mass is 16.5. The van der Waals surface area contributed by atoms with Crippen LogP contribution in [-0.4, -0.2) is 35.3 Å². The molecule has 1 aliphatic heterocycles. The van der Waals surface area contributed by atoms with Gasteiger partial charge in [-0.1, -0.05) is 11.2 Å². The molecule has 1 saturated heterocycles. The molecule has 0 radical (unpaired) electrons. The number of anilines is 2. The maximum atomic E-state index is 11.9. The van der Waals surface area contributed by atoms with Crippen LogP contribution in [0.4, 0.5) is 16.5 Å². The number of piperidine rings is 1. The molecule has 2 aromatic rings. The second-order valence-corrected chi connectivity index (χ2v) is 5.38. The highest BCUT2D eigenvalue weighted by Crippen LogP contribution is 2.17. The number of amides is 2. The standard InChI is InChI=1S/C15H19N5O2/c1-11-10-14(22-19-11)18-15(21)17-12-5-8-20(9-6-12)13-4-2-3-7-16-13/h2-4,7,10,12H,5-6,8-9H2,1H3,(H2,17,18,21). The molecule has 0 atom stereocenters. The number of hydrogen-bond donors (Lipinski definition) is 2. The van der Waals surface area contributed by atoms with Crippen LogP contribution in [-0.2, 0) is 0 Å². The third-order valence-corrected chi connectivity index (χ3v) is 3.67. The number of aryl methyl sites for hydroxylation is 1. The first kappa shape index (κ1) is 14.4. The molecular weight excluding hydrogens is 282 g/mol. The van der Waals surface area contributed by atoms with Gasteiger partial charge >= 0.3 is 6.03 Å². The number of nitrogens with zero attached hydrogens (tertiary/aromatic N) is 3. The highest BCUT2D eigenvalue weighted by molar-refractivity contribution is 5.88. The molecule has 116 valence electrons. The van der Waals surface area contributed by atoms with Gasteiger partial charge in [-0.15, -0.1) is 0 Å². The summed E-state index contributed by atoms with van der Waals surface area (Å²) in [6, 6.07) is 7.49. The minimum atomic E-state index is -0.257. The van der Waals surface area contributed by atoms with Gasteiger partial charge in [0.05, 0.1) is 5.69 Å². The fraction of sp³-hybridized carbons (Fsp3) is 0.400.